The fraction of sp³-hybridized carbons (Fsp3) is 0.308. The van der Waals surface area contributed by atoms with E-state index in [1.54, 1.807) is 15.9 Å². The summed E-state index contributed by atoms with van der Waals surface area (Å²) >= 11 is 1.61. The molecule has 0 atom stereocenters. The van der Waals surface area contributed by atoms with Crippen LogP contribution >= 0.6 is 11.3 Å². The summed E-state index contributed by atoms with van der Waals surface area (Å²) < 4.78 is 1.62. The number of hydrogen-bond acceptors (Lipinski definition) is 4. The second-order valence-electron chi connectivity index (χ2n) is 4.49. The van der Waals surface area contributed by atoms with Crippen LogP contribution < -0.4 is 10.6 Å². The van der Waals surface area contributed by atoms with E-state index in [0.717, 1.165) is 5.56 Å². The van der Waals surface area contributed by atoms with Gasteiger partial charge in [0, 0.05) is 25.8 Å². The van der Waals surface area contributed by atoms with Gasteiger partial charge in [-0.1, -0.05) is 0 Å². The number of nitrogens with one attached hydrogen (secondary N) is 2. The number of hydrogen-bond donors (Lipinski definition) is 3. The van der Waals surface area contributed by atoms with E-state index in [1.165, 1.54) is 18.1 Å². The van der Waals surface area contributed by atoms with Crippen molar-refractivity contribution >= 4 is 23.3 Å². The Bertz CT molecular complexity index is 635. The summed E-state index contributed by atoms with van der Waals surface area (Å²) in [4.78, 5) is 26.0. The van der Waals surface area contributed by atoms with Gasteiger partial charge in [-0.05, 0) is 28.8 Å². The number of carboxylic acids is 1. The highest BCUT2D eigenvalue weighted by molar-refractivity contribution is 7.08. The Kier molecular flexibility index (Phi) is 4.94. The number of amides is 2. The van der Waals surface area contributed by atoms with Gasteiger partial charge in [0.15, 0.2) is 5.69 Å². The SMILES string of the molecule is Cc1cscc1CNC(=O)NCCn1cnc(C(=O)O)c1. The molecule has 0 aliphatic rings. The van der Waals surface area contributed by atoms with Crippen LogP contribution in [0.4, 0.5) is 4.79 Å². The molecule has 0 fully saturated rings. The molecule has 2 rings (SSSR count). The minimum atomic E-state index is -1.06. The lowest BCUT2D eigenvalue weighted by Gasteiger charge is -2.07. The second kappa shape index (κ2) is 6.89. The number of thiophene rings is 1. The average Bonchev–Trinajstić information content (AvgIpc) is 3.06. The number of aryl methyl sites for hydroxylation is 1. The molecule has 0 saturated carbocycles. The van der Waals surface area contributed by atoms with Crippen LogP contribution in [-0.2, 0) is 13.1 Å². The lowest BCUT2D eigenvalue weighted by molar-refractivity contribution is 0.0691. The molecule has 0 spiro atoms. The number of aromatic nitrogens is 2. The molecule has 3 N–H and O–H groups in total. The molecule has 0 aliphatic carbocycles. The third-order valence-electron chi connectivity index (χ3n) is 2.91. The highest BCUT2D eigenvalue weighted by atomic mass is 32.1. The summed E-state index contributed by atoms with van der Waals surface area (Å²) in [5.41, 5.74) is 2.27. The smallest absolute Gasteiger partial charge is 0.356 e. The predicted octanol–water partition coefficient (Wildman–Crippen LogP) is 1.45. The largest absolute Gasteiger partial charge is 0.476 e. The van der Waals surface area contributed by atoms with Crippen LogP contribution in [0.25, 0.3) is 0 Å². The molecule has 7 nitrogen and oxygen atoms in total. The van der Waals surface area contributed by atoms with E-state index >= 15 is 0 Å². The molecule has 21 heavy (non-hydrogen) atoms. The first-order valence-corrected chi connectivity index (χ1v) is 7.29. The summed E-state index contributed by atoms with van der Waals surface area (Å²) in [7, 11) is 0. The zero-order valence-electron chi connectivity index (χ0n) is 11.5. The van der Waals surface area contributed by atoms with Crippen molar-refractivity contribution < 1.29 is 14.7 Å². The van der Waals surface area contributed by atoms with Crippen molar-refractivity contribution in [2.45, 2.75) is 20.0 Å². The van der Waals surface area contributed by atoms with E-state index in [2.05, 4.69) is 15.6 Å². The maximum Gasteiger partial charge on any atom is 0.356 e. The third-order valence-corrected chi connectivity index (χ3v) is 3.82. The zero-order chi connectivity index (χ0) is 15.2. The van der Waals surface area contributed by atoms with Crippen molar-refractivity contribution in [3.8, 4) is 0 Å². The summed E-state index contributed by atoms with van der Waals surface area (Å²) in [6.45, 7) is 3.36. The number of imidazole rings is 1. The van der Waals surface area contributed by atoms with E-state index in [0.29, 0.717) is 19.6 Å². The van der Waals surface area contributed by atoms with E-state index in [1.807, 2.05) is 17.7 Å². The number of carboxylic acid groups (broad SMARTS) is 1. The van der Waals surface area contributed by atoms with Gasteiger partial charge in [0.25, 0.3) is 0 Å². The minimum absolute atomic E-state index is 0.00705. The number of carbonyl (C=O) groups excluding carboxylic acids is 1. The number of urea groups is 1. The lowest BCUT2D eigenvalue weighted by Crippen LogP contribution is -2.36. The molecule has 2 aromatic heterocycles. The Morgan fingerprint density at radius 3 is 2.81 bits per heavy atom. The van der Waals surface area contributed by atoms with E-state index in [-0.39, 0.29) is 11.7 Å². The van der Waals surface area contributed by atoms with Crippen molar-refractivity contribution in [1.82, 2.24) is 20.2 Å². The maximum absolute atomic E-state index is 11.6. The number of nitrogens with zero attached hydrogens (tertiary/aromatic N) is 2. The Balaban J connectivity index is 1.69. The Labute approximate surface area is 125 Å². The van der Waals surface area contributed by atoms with Crippen molar-refractivity contribution in [2.24, 2.45) is 0 Å². The lowest BCUT2D eigenvalue weighted by atomic mass is 10.2. The molecule has 0 aliphatic heterocycles. The molecule has 2 heterocycles. The van der Waals surface area contributed by atoms with E-state index < -0.39 is 5.97 Å². The van der Waals surface area contributed by atoms with E-state index in [4.69, 9.17) is 5.11 Å². The Hall–Kier alpha value is -2.35. The highest BCUT2D eigenvalue weighted by Crippen LogP contribution is 2.12. The van der Waals surface area contributed by atoms with Crippen LogP contribution in [0.15, 0.2) is 23.3 Å². The molecular weight excluding hydrogens is 292 g/mol. The minimum Gasteiger partial charge on any atom is -0.476 e. The second-order valence-corrected chi connectivity index (χ2v) is 5.23. The average molecular weight is 308 g/mol. The maximum atomic E-state index is 11.6. The summed E-state index contributed by atoms with van der Waals surface area (Å²) in [6, 6.07) is -0.251. The first-order valence-electron chi connectivity index (χ1n) is 6.34. The Morgan fingerprint density at radius 1 is 1.38 bits per heavy atom. The van der Waals surface area contributed by atoms with Crippen molar-refractivity contribution in [3.63, 3.8) is 0 Å². The normalized spacial score (nSPS) is 10.3. The topological polar surface area (TPSA) is 96.3 Å². The summed E-state index contributed by atoms with van der Waals surface area (Å²) in [5.74, 6) is -1.06. The van der Waals surface area contributed by atoms with Crippen molar-refractivity contribution in [1.29, 1.82) is 0 Å². The third kappa shape index (κ3) is 4.32. The zero-order valence-corrected chi connectivity index (χ0v) is 12.3. The highest BCUT2D eigenvalue weighted by Gasteiger charge is 2.06. The van der Waals surface area contributed by atoms with Gasteiger partial charge >= 0.3 is 12.0 Å². The van der Waals surface area contributed by atoms with Gasteiger partial charge in [0.1, 0.15) is 0 Å². The molecule has 112 valence electrons. The fourth-order valence-corrected chi connectivity index (χ4v) is 2.55. The first kappa shape index (κ1) is 15.0. The molecule has 0 saturated heterocycles. The quantitative estimate of drug-likeness (QED) is 0.752. The van der Waals surface area contributed by atoms with Gasteiger partial charge in [0.2, 0.25) is 0 Å². The fourth-order valence-electron chi connectivity index (χ4n) is 1.70. The molecular formula is C13H16N4O3S. The van der Waals surface area contributed by atoms with E-state index in [9.17, 15) is 9.59 Å². The van der Waals surface area contributed by atoms with Crippen LogP contribution in [0, 0.1) is 6.92 Å². The first-order chi connectivity index (χ1) is 10.1. The van der Waals surface area contributed by atoms with Gasteiger partial charge in [-0.3, -0.25) is 0 Å². The number of carbonyl (C=O) groups is 2. The Morgan fingerprint density at radius 2 is 2.19 bits per heavy atom. The monoisotopic (exact) mass is 308 g/mol. The van der Waals surface area contributed by atoms with Crippen molar-refractivity contribution in [3.05, 3.63) is 40.1 Å². The van der Waals surface area contributed by atoms with Gasteiger partial charge < -0.3 is 20.3 Å². The van der Waals surface area contributed by atoms with Crippen molar-refractivity contribution in [2.75, 3.05) is 6.54 Å². The van der Waals surface area contributed by atoms with Gasteiger partial charge in [-0.2, -0.15) is 11.3 Å². The number of aromatic carboxylic acids is 1. The molecule has 2 amide bonds. The van der Waals surface area contributed by atoms with Crippen LogP contribution in [0.1, 0.15) is 21.6 Å². The molecule has 0 radical (unpaired) electrons. The van der Waals surface area contributed by atoms with Crippen LogP contribution in [0.2, 0.25) is 0 Å². The molecule has 0 aromatic carbocycles. The van der Waals surface area contributed by atoms with Gasteiger partial charge in [-0.15, -0.1) is 0 Å². The molecule has 0 unspecified atom stereocenters. The summed E-state index contributed by atoms with van der Waals surface area (Å²) in [6.07, 6.45) is 2.86. The van der Waals surface area contributed by atoms with Gasteiger partial charge in [-0.25, -0.2) is 14.6 Å². The molecule has 8 heteroatoms. The predicted molar refractivity (Wildman–Crippen MR) is 78.5 cm³/mol. The van der Waals surface area contributed by atoms with Crippen LogP contribution in [0.3, 0.4) is 0 Å². The molecule has 2 aromatic rings. The number of rotatable bonds is 6. The van der Waals surface area contributed by atoms with Crippen LogP contribution in [0.5, 0.6) is 0 Å². The molecule has 0 bridgehead atoms. The standard InChI is InChI=1S/C13H16N4O3S/c1-9-6-21-7-10(9)4-15-13(20)14-2-3-17-5-11(12(18)19)16-8-17/h5-8H,2-4H2,1H3,(H,18,19)(H2,14,15,20). The van der Waals surface area contributed by atoms with Gasteiger partial charge in [0.05, 0.1) is 6.33 Å². The van der Waals surface area contributed by atoms with Crippen LogP contribution in [-0.4, -0.2) is 33.2 Å². The summed E-state index contributed by atoms with van der Waals surface area (Å²) in [5, 5.41) is 18.3.